The van der Waals surface area contributed by atoms with E-state index in [9.17, 15) is 14.9 Å². The molecule has 2 N–H and O–H groups in total. The van der Waals surface area contributed by atoms with E-state index in [1.807, 2.05) is 0 Å². The van der Waals surface area contributed by atoms with Crippen LogP contribution < -0.4 is 15.8 Å². The first-order valence-corrected chi connectivity index (χ1v) is 6.13. The Morgan fingerprint density at radius 2 is 2.14 bits per heavy atom. The molecule has 10 heteroatoms. The summed E-state index contributed by atoms with van der Waals surface area (Å²) in [7, 11) is 3.24. The molecule has 0 aliphatic rings. The van der Waals surface area contributed by atoms with Crippen LogP contribution in [0.2, 0.25) is 0 Å². The number of hydrogen-bond acceptors (Lipinski definition) is 8. The standard InChI is InChI=1S/C12H13N7O3/c1-18(2)11-9(19(21)22)10(14-7-15-11)16-17-12(20)8-4-3-5-13-6-8/h3-7H,1-2H3,(H,17,20)(H,14,15,16). The number of nitrogens with one attached hydrogen (secondary N) is 2. The summed E-state index contributed by atoms with van der Waals surface area (Å²) in [5.74, 6) is -0.480. The first-order chi connectivity index (χ1) is 10.5. The number of carbonyl (C=O) groups excluding carboxylic acids is 1. The van der Waals surface area contributed by atoms with Gasteiger partial charge in [0.25, 0.3) is 5.91 Å². The lowest BCUT2D eigenvalue weighted by molar-refractivity contribution is -0.383. The van der Waals surface area contributed by atoms with Crippen molar-refractivity contribution in [2.75, 3.05) is 24.4 Å². The number of amides is 1. The summed E-state index contributed by atoms with van der Waals surface area (Å²) in [5, 5.41) is 11.2. The molecule has 0 bridgehead atoms. The molecule has 22 heavy (non-hydrogen) atoms. The van der Waals surface area contributed by atoms with Gasteiger partial charge >= 0.3 is 5.69 Å². The van der Waals surface area contributed by atoms with Crippen molar-refractivity contribution in [1.29, 1.82) is 0 Å². The monoisotopic (exact) mass is 303 g/mol. The third-order valence-electron chi connectivity index (χ3n) is 2.63. The van der Waals surface area contributed by atoms with E-state index < -0.39 is 10.8 Å². The fraction of sp³-hybridized carbons (Fsp3) is 0.167. The molecule has 0 saturated carbocycles. The molecule has 10 nitrogen and oxygen atoms in total. The van der Waals surface area contributed by atoms with Crippen molar-refractivity contribution in [3.63, 3.8) is 0 Å². The highest BCUT2D eigenvalue weighted by Gasteiger charge is 2.24. The molecule has 1 amide bonds. The van der Waals surface area contributed by atoms with E-state index >= 15 is 0 Å². The number of anilines is 2. The number of rotatable bonds is 5. The summed E-state index contributed by atoms with van der Waals surface area (Å²) in [6.45, 7) is 0. The predicted molar refractivity (Wildman–Crippen MR) is 78.3 cm³/mol. The van der Waals surface area contributed by atoms with Crippen LogP contribution in [0.15, 0.2) is 30.9 Å². The zero-order chi connectivity index (χ0) is 16.1. The van der Waals surface area contributed by atoms with Crippen LogP contribution in [0.5, 0.6) is 0 Å². The van der Waals surface area contributed by atoms with Crippen LogP contribution in [-0.4, -0.2) is 39.9 Å². The average molecular weight is 303 g/mol. The third-order valence-corrected chi connectivity index (χ3v) is 2.63. The quantitative estimate of drug-likeness (QED) is 0.607. The number of aromatic nitrogens is 3. The molecule has 0 radical (unpaired) electrons. The summed E-state index contributed by atoms with van der Waals surface area (Å²) in [6.07, 6.45) is 4.07. The van der Waals surface area contributed by atoms with Crippen molar-refractivity contribution in [3.05, 3.63) is 46.5 Å². The molecule has 0 unspecified atom stereocenters. The van der Waals surface area contributed by atoms with Gasteiger partial charge in [-0.1, -0.05) is 0 Å². The second kappa shape index (κ2) is 6.43. The first-order valence-electron chi connectivity index (χ1n) is 6.13. The van der Waals surface area contributed by atoms with Crippen LogP contribution in [0.4, 0.5) is 17.3 Å². The van der Waals surface area contributed by atoms with E-state index in [-0.39, 0.29) is 17.3 Å². The fourth-order valence-corrected chi connectivity index (χ4v) is 1.64. The van der Waals surface area contributed by atoms with E-state index in [0.29, 0.717) is 5.56 Å². The molecule has 0 aliphatic carbocycles. The molecule has 2 rings (SSSR count). The van der Waals surface area contributed by atoms with Crippen molar-refractivity contribution in [2.24, 2.45) is 0 Å². The first kappa shape index (κ1) is 15.1. The van der Waals surface area contributed by atoms with Gasteiger partial charge in [-0.3, -0.25) is 30.7 Å². The van der Waals surface area contributed by atoms with Gasteiger partial charge in [0.2, 0.25) is 11.6 Å². The number of carbonyl (C=O) groups is 1. The maximum Gasteiger partial charge on any atom is 0.355 e. The zero-order valence-corrected chi connectivity index (χ0v) is 11.8. The molecular formula is C12H13N7O3. The van der Waals surface area contributed by atoms with E-state index in [0.717, 1.165) is 0 Å². The van der Waals surface area contributed by atoms with E-state index in [1.165, 1.54) is 23.6 Å². The van der Waals surface area contributed by atoms with Gasteiger partial charge in [0, 0.05) is 26.5 Å². The van der Waals surface area contributed by atoms with Crippen LogP contribution in [-0.2, 0) is 0 Å². The number of hydrogen-bond donors (Lipinski definition) is 2. The van der Waals surface area contributed by atoms with Gasteiger partial charge in [0.15, 0.2) is 0 Å². The van der Waals surface area contributed by atoms with Crippen LogP contribution in [0.1, 0.15) is 10.4 Å². The smallest absolute Gasteiger partial charge is 0.355 e. The number of hydrazine groups is 1. The fourth-order valence-electron chi connectivity index (χ4n) is 1.64. The van der Waals surface area contributed by atoms with Gasteiger partial charge in [-0.15, -0.1) is 0 Å². The number of nitrogens with zero attached hydrogens (tertiary/aromatic N) is 5. The largest absolute Gasteiger partial charge is 0.357 e. The Morgan fingerprint density at radius 3 is 2.73 bits per heavy atom. The topological polar surface area (TPSA) is 126 Å². The lowest BCUT2D eigenvalue weighted by Gasteiger charge is -2.13. The highest BCUT2D eigenvalue weighted by atomic mass is 16.6. The Labute approximate surface area is 125 Å². The maximum absolute atomic E-state index is 11.9. The Kier molecular flexibility index (Phi) is 4.41. The van der Waals surface area contributed by atoms with Gasteiger partial charge < -0.3 is 4.90 Å². The molecule has 0 fully saturated rings. The molecule has 0 aromatic carbocycles. The van der Waals surface area contributed by atoms with E-state index in [4.69, 9.17) is 0 Å². The van der Waals surface area contributed by atoms with Crippen molar-refractivity contribution < 1.29 is 9.72 Å². The normalized spacial score (nSPS) is 9.91. The number of pyridine rings is 1. The molecule has 0 saturated heterocycles. The Balaban J connectivity index is 2.21. The summed E-state index contributed by atoms with van der Waals surface area (Å²) in [6, 6.07) is 3.16. The zero-order valence-electron chi connectivity index (χ0n) is 11.8. The highest BCUT2D eigenvalue weighted by molar-refractivity contribution is 5.94. The summed E-state index contributed by atoms with van der Waals surface area (Å²) >= 11 is 0. The lowest BCUT2D eigenvalue weighted by atomic mass is 10.3. The summed E-state index contributed by atoms with van der Waals surface area (Å²) in [4.78, 5) is 35.4. The Bertz CT molecular complexity index is 690. The molecule has 2 aromatic rings. The second-order valence-corrected chi connectivity index (χ2v) is 4.37. The molecule has 114 valence electrons. The maximum atomic E-state index is 11.9. The molecule has 0 atom stereocenters. The van der Waals surface area contributed by atoms with Gasteiger partial charge in [-0.2, -0.15) is 0 Å². The Morgan fingerprint density at radius 1 is 1.36 bits per heavy atom. The van der Waals surface area contributed by atoms with Gasteiger partial charge in [0.05, 0.1) is 10.5 Å². The summed E-state index contributed by atoms with van der Waals surface area (Å²) < 4.78 is 0. The molecule has 2 aromatic heterocycles. The van der Waals surface area contributed by atoms with Crippen LogP contribution in [0.3, 0.4) is 0 Å². The Hall–Kier alpha value is -3.30. The van der Waals surface area contributed by atoms with Gasteiger partial charge in [-0.25, -0.2) is 9.97 Å². The lowest BCUT2D eigenvalue weighted by Crippen LogP contribution is -2.30. The minimum Gasteiger partial charge on any atom is -0.357 e. The third kappa shape index (κ3) is 3.23. The van der Waals surface area contributed by atoms with Gasteiger partial charge in [-0.05, 0) is 12.1 Å². The van der Waals surface area contributed by atoms with Crippen molar-refractivity contribution in [3.8, 4) is 0 Å². The van der Waals surface area contributed by atoms with Gasteiger partial charge in [0.1, 0.15) is 6.33 Å². The number of nitro groups is 1. The van der Waals surface area contributed by atoms with Crippen LogP contribution >= 0.6 is 0 Å². The van der Waals surface area contributed by atoms with Crippen LogP contribution in [0, 0.1) is 10.1 Å². The second-order valence-electron chi connectivity index (χ2n) is 4.37. The molecule has 2 heterocycles. The van der Waals surface area contributed by atoms with Crippen molar-refractivity contribution in [2.45, 2.75) is 0 Å². The van der Waals surface area contributed by atoms with E-state index in [2.05, 4.69) is 25.8 Å². The van der Waals surface area contributed by atoms with Crippen molar-refractivity contribution in [1.82, 2.24) is 20.4 Å². The SMILES string of the molecule is CN(C)c1ncnc(NNC(=O)c2cccnc2)c1[N+](=O)[O-]. The highest BCUT2D eigenvalue weighted by Crippen LogP contribution is 2.29. The minimum atomic E-state index is -0.617. The predicted octanol–water partition coefficient (Wildman–Crippen LogP) is 0.603. The minimum absolute atomic E-state index is 0.110. The average Bonchev–Trinajstić information content (AvgIpc) is 2.52. The van der Waals surface area contributed by atoms with Crippen molar-refractivity contribution >= 4 is 23.2 Å². The van der Waals surface area contributed by atoms with Crippen LogP contribution in [0.25, 0.3) is 0 Å². The summed E-state index contributed by atoms with van der Waals surface area (Å²) in [5.41, 5.74) is 4.75. The van der Waals surface area contributed by atoms with E-state index in [1.54, 1.807) is 26.2 Å². The molecule has 0 spiro atoms. The molecular weight excluding hydrogens is 290 g/mol. The molecule has 0 aliphatic heterocycles.